The van der Waals surface area contributed by atoms with E-state index >= 15 is 0 Å². The van der Waals surface area contributed by atoms with E-state index in [0.29, 0.717) is 22.6 Å². The molecule has 0 aliphatic carbocycles. The zero-order chi connectivity index (χ0) is 21.3. The van der Waals surface area contributed by atoms with Gasteiger partial charge in [0, 0.05) is 11.3 Å². The van der Waals surface area contributed by atoms with Crippen LogP contribution in [-0.2, 0) is 16.0 Å². The summed E-state index contributed by atoms with van der Waals surface area (Å²) in [5, 5.41) is 20.0. The number of benzene rings is 2. The molecule has 0 bridgehead atoms. The topological polar surface area (TPSA) is 94.5 Å². The standard InChI is InChI=1S/C24H18N2O4/c1-2-15-5-9-17(10-6-15)22(27)20-21(19-4-3-13-30-19)26(24(29)23(20)28)18-11-7-16(14-25)8-12-18/h3-13,21,27H,2H2,1H3/b22-20-. The van der Waals surface area contributed by atoms with Crippen molar-refractivity contribution >= 4 is 23.1 Å². The maximum atomic E-state index is 13.0. The number of Topliss-reactive ketones (excluding diaryl/α,β-unsaturated/α-hetero) is 1. The highest BCUT2D eigenvalue weighted by molar-refractivity contribution is 6.51. The number of aliphatic hydroxyl groups is 1. The van der Waals surface area contributed by atoms with Crippen molar-refractivity contribution in [1.29, 1.82) is 5.26 Å². The Labute approximate surface area is 173 Å². The van der Waals surface area contributed by atoms with Gasteiger partial charge in [0.25, 0.3) is 11.7 Å². The zero-order valence-corrected chi connectivity index (χ0v) is 16.2. The van der Waals surface area contributed by atoms with Crippen LogP contribution in [-0.4, -0.2) is 16.8 Å². The zero-order valence-electron chi connectivity index (χ0n) is 16.2. The average molecular weight is 398 g/mol. The van der Waals surface area contributed by atoms with Crippen molar-refractivity contribution in [1.82, 2.24) is 0 Å². The summed E-state index contributed by atoms with van der Waals surface area (Å²) in [5.74, 6) is -1.47. The molecule has 1 fully saturated rings. The number of furan rings is 1. The Hall–Kier alpha value is -4.11. The van der Waals surface area contributed by atoms with E-state index in [1.54, 1.807) is 48.5 Å². The predicted octanol–water partition coefficient (Wildman–Crippen LogP) is 4.34. The fraction of sp³-hybridized carbons (Fsp3) is 0.125. The maximum absolute atomic E-state index is 13.0. The highest BCUT2D eigenvalue weighted by Crippen LogP contribution is 2.42. The average Bonchev–Trinajstić information content (AvgIpc) is 3.40. The van der Waals surface area contributed by atoms with E-state index in [9.17, 15) is 14.7 Å². The van der Waals surface area contributed by atoms with Crippen LogP contribution in [0.15, 0.2) is 76.9 Å². The van der Waals surface area contributed by atoms with E-state index in [0.717, 1.165) is 12.0 Å². The lowest BCUT2D eigenvalue weighted by Gasteiger charge is -2.23. The molecule has 148 valence electrons. The van der Waals surface area contributed by atoms with E-state index in [2.05, 4.69) is 0 Å². The summed E-state index contributed by atoms with van der Waals surface area (Å²) in [6.07, 6.45) is 2.29. The molecule has 1 aliphatic heterocycles. The Morgan fingerprint density at radius 2 is 1.80 bits per heavy atom. The number of aliphatic hydroxyl groups excluding tert-OH is 1. The summed E-state index contributed by atoms with van der Waals surface area (Å²) in [7, 11) is 0. The Bertz CT molecular complexity index is 1170. The van der Waals surface area contributed by atoms with Crippen LogP contribution in [0, 0.1) is 11.3 Å². The number of rotatable bonds is 4. The SMILES string of the molecule is CCc1ccc(/C(O)=C2/C(=O)C(=O)N(c3ccc(C#N)cc3)C2c2ccco2)cc1. The van der Waals surface area contributed by atoms with E-state index in [-0.39, 0.29) is 11.3 Å². The van der Waals surface area contributed by atoms with Gasteiger partial charge in [-0.05, 0) is 48.4 Å². The van der Waals surface area contributed by atoms with Crippen LogP contribution in [0.25, 0.3) is 5.76 Å². The highest BCUT2D eigenvalue weighted by atomic mass is 16.3. The summed E-state index contributed by atoms with van der Waals surface area (Å²) in [6, 6.07) is 17.9. The third kappa shape index (κ3) is 3.16. The quantitative estimate of drug-likeness (QED) is 0.401. The van der Waals surface area contributed by atoms with Crippen molar-refractivity contribution in [3.8, 4) is 6.07 Å². The molecular formula is C24H18N2O4. The fourth-order valence-corrected chi connectivity index (χ4v) is 3.57. The van der Waals surface area contributed by atoms with E-state index in [1.165, 1.54) is 11.2 Å². The molecule has 1 N–H and O–H groups in total. The van der Waals surface area contributed by atoms with Gasteiger partial charge in [0.05, 0.1) is 23.5 Å². The molecule has 30 heavy (non-hydrogen) atoms. The molecule has 6 heteroatoms. The first-order valence-electron chi connectivity index (χ1n) is 9.49. The molecule has 1 aliphatic rings. The second-order valence-electron chi connectivity index (χ2n) is 6.89. The lowest BCUT2D eigenvalue weighted by molar-refractivity contribution is -0.132. The van der Waals surface area contributed by atoms with Crippen molar-refractivity contribution in [3.63, 3.8) is 0 Å². The monoisotopic (exact) mass is 398 g/mol. The lowest BCUT2D eigenvalue weighted by atomic mass is 9.98. The van der Waals surface area contributed by atoms with E-state index in [4.69, 9.17) is 9.68 Å². The van der Waals surface area contributed by atoms with Gasteiger partial charge < -0.3 is 9.52 Å². The first-order chi connectivity index (χ1) is 14.5. The summed E-state index contributed by atoms with van der Waals surface area (Å²) >= 11 is 0. The fourth-order valence-electron chi connectivity index (χ4n) is 3.57. The number of carbonyl (C=O) groups is 2. The van der Waals surface area contributed by atoms with Gasteiger partial charge in [-0.25, -0.2) is 0 Å². The lowest BCUT2D eigenvalue weighted by Crippen LogP contribution is -2.29. The molecule has 1 unspecified atom stereocenters. The molecular weight excluding hydrogens is 380 g/mol. The van der Waals surface area contributed by atoms with Crippen LogP contribution in [0.3, 0.4) is 0 Å². The first-order valence-corrected chi connectivity index (χ1v) is 9.49. The normalized spacial score (nSPS) is 17.9. The Balaban J connectivity index is 1.87. The molecule has 1 aromatic heterocycles. The summed E-state index contributed by atoms with van der Waals surface area (Å²) in [6.45, 7) is 2.02. The minimum Gasteiger partial charge on any atom is -0.507 e. The Morgan fingerprint density at radius 3 is 2.37 bits per heavy atom. The second-order valence-corrected chi connectivity index (χ2v) is 6.89. The van der Waals surface area contributed by atoms with Crippen molar-refractivity contribution in [2.24, 2.45) is 0 Å². The number of amides is 1. The second kappa shape index (κ2) is 7.72. The molecule has 1 atom stereocenters. The molecule has 4 rings (SSSR count). The molecule has 0 spiro atoms. The summed E-state index contributed by atoms with van der Waals surface area (Å²) in [4.78, 5) is 27.2. The molecule has 1 amide bonds. The van der Waals surface area contributed by atoms with Gasteiger partial charge in [0.2, 0.25) is 0 Å². The third-order valence-electron chi connectivity index (χ3n) is 5.17. The molecule has 1 saturated heterocycles. The Kier molecular flexibility index (Phi) is 4.95. The van der Waals surface area contributed by atoms with Crippen LogP contribution < -0.4 is 4.90 Å². The number of hydrogen-bond donors (Lipinski definition) is 1. The Morgan fingerprint density at radius 1 is 1.10 bits per heavy atom. The molecule has 6 nitrogen and oxygen atoms in total. The first kappa shape index (κ1) is 19.2. The minimum atomic E-state index is -0.918. The highest BCUT2D eigenvalue weighted by Gasteiger charge is 2.48. The van der Waals surface area contributed by atoms with Crippen molar-refractivity contribution < 1.29 is 19.1 Å². The van der Waals surface area contributed by atoms with E-state index < -0.39 is 17.7 Å². The van der Waals surface area contributed by atoms with Gasteiger partial charge in [-0.1, -0.05) is 31.2 Å². The van der Waals surface area contributed by atoms with Gasteiger partial charge in [0.15, 0.2) is 0 Å². The van der Waals surface area contributed by atoms with Crippen LogP contribution in [0.4, 0.5) is 5.69 Å². The molecule has 2 heterocycles. The van der Waals surface area contributed by atoms with Crippen molar-refractivity contribution in [2.45, 2.75) is 19.4 Å². The summed E-state index contributed by atoms with van der Waals surface area (Å²) < 4.78 is 5.52. The molecule has 2 aromatic carbocycles. The number of nitrogens with zero attached hydrogens (tertiary/aromatic N) is 2. The van der Waals surface area contributed by atoms with Gasteiger partial charge in [0.1, 0.15) is 17.6 Å². The minimum absolute atomic E-state index is 0.0384. The molecule has 0 radical (unpaired) electrons. The maximum Gasteiger partial charge on any atom is 0.300 e. The van der Waals surface area contributed by atoms with Crippen LogP contribution in [0.2, 0.25) is 0 Å². The van der Waals surface area contributed by atoms with Crippen LogP contribution >= 0.6 is 0 Å². The number of carbonyl (C=O) groups excluding carboxylic acids is 2. The number of nitriles is 1. The molecule has 0 saturated carbocycles. The van der Waals surface area contributed by atoms with Gasteiger partial charge in [-0.15, -0.1) is 0 Å². The van der Waals surface area contributed by atoms with Crippen molar-refractivity contribution in [2.75, 3.05) is 4.90 Å². The number of ketones is 1. The van der Waals surface area contributed by atoms with Gasteiger partial charge in [-0.2, -0.15) is 5.26 Å². The predicted molar refractivity (Wildman–Crippen MR) is 110 cm³/mol. The van der Waals surface area contributed by atoms with Gasteiger partial charge in [-0.3, -0.25) is 14.5 Å². The number of aryl methyl sites for hydroxylation is 1. The largest absolute Gasteiger partial charge is 0.507 e. The number of hydrogen-bond acceptors (Lipinski definition) is 5. The third-order valence-corrected chi connectivity index (χ3v) is 5.17. The number of anilines is 1. The van der Waals surface area contributed by atoms with Crippen molar-refractivity contribution in [3.05, 3.63) is 95.0 Å². The smallest absolute Gasteiger partial charge is 0.300 e. The van der Waals surface area contributed by atoms with Gasteiger partial charge >= 0.3 is 0 Å². The molecule has 3 aromatic rings. The van der Waals surface area contributed by atoms with Crippen LogP contribution in [0.5, 0.6) is 0 Å². The van der Waals surface area contributed by atoms with Crippen LogP contribution in [0.1, 0.15) is 35.4 Å². The van der Waals surface area contributed by atoms with E-state index in [1.807, 2.05) is 25.1 Å². The summed E-state index contributed by atoms with van der Waals surface area (Å²) in [5.41, 5.74) is 2.36.